The predicted octanol–water partition coefficient (Wildman–Crippen LogP) is -0.242. The maximum Gasteiger partial charge on any atom is 0.324 e. The molecule has 1 saturated heterocycles. The highest BCUT2D eigenvalue weighted by Crippen LogP contribution is 2.44. The first kappa shape index (κ1) is 16.6. The second-order valence-corrected chi connectivity index (χ2v) is 6.87. The number of ether oxygens (including phenoxy) is 2. The molecule has 0 saturated carbocycles. The first-order valence-electron chi connectivity index (χ1n) is 7.61. The molecule has 0 spiro atoms. The third kappa shape index (κ3) is 2.82. The molecule has 3 heterocycles. The van der Waals surface area contributed by atoms with E-state index in [1.54, 1.807) is 13.8 Å². The number of carbonyl (C=O) groups is 2. The Morgan fingerprint density at radius 2 is 2.17 bits per heavy atom. The normalized spacial score (nSPS) is 37.0. The first-order valence-corrected chi connectivity index (χ1v) is 8.49. The summed E-state index contributed by atoms with van der Waals surface area (Å²) in [6.45, 7) is 4.10. The van der Waals surface area contributed by atoms with Crippen LogP contribution in [-0.2, 0) is 14.3 Å². The topological polar surface area (TPSA) is 108 Å². The predicted molar refractivity (Wildman–Crippen MR) is 81.2 cm³/mol. The summed E-state index contributed by atoms with van der Waals surface area (Å²) in [7, 11) is 0. The minimum Gasteiger partial charge on any atom is -0.466 e. The van der Waals surface area contributed by atoms with E-state index in [0.717, 1.165) is 16.7 Å². The zero-order valence-electron chi connectivity index (χ0n) is 12.9. The Labute approximate surface area is 137 Å². The molecule has 3 rings (SSSR count). The van der Waals surface area contributed by atoms with Crippen molar-refractivity contribution in [2.75, 3.05) is 13.1 Å². The van der Waals surface area contributed by atoms with Gasteiger partial charge in [-0.25, -0.2) is 4.79 Å². The molecule has 0 radical (unpaired) electrons. The number of imide groups is 1. The zero-order valence-corrected chi connectivity index (χ0v) is 13.7. The Bertz CT molecular complexity index is 553. The van der Waals surface area contributed by atoms with Gasteiger partial charge in [0.1, 0.15) is 28.1 Å². The van der Waals surface area contributed by atoms with Gasteiger partial charge < -0.3 is 25.0 Å². The maximum atomic E-state index is 12.5. The minimum absolute atomic E-state index is 0.238. The number of urea groups is 1. The van der Waals surface area contributed by atoms with Gasteiger partial charge in [-0.1, -0.05) is 0 Å². The van der Waals surface area contributed by atoms with Crippen LogP contribution in [0.1, 0.15) is 20.3 Å². The van der Waals surface area contributed by atoms with Crippen molar-refractivity contribution >= 4 is 23.7 Å². The summed E-state index contributed by atoms with van der Waals surface area (Å²) in [5, 5.41) is 22.1. The van der Waals surface area contributed by atoms with Gasteiger partial charge in [0.25, 0.3) is 5.91 Å². The lowest BCUT2D eigenvalue weighted by Gasteiger charge is -2.45. The van der Waals surface area contributed by atoms with Crippen LogP contribution in [-0.4, -0.2) is 70.0 Å². The molecule has 5 atom stereocenters. The molecule has 8 nitrogen and oxygen atoms in total. The Hall–Kier alpha value is -1.29. The van der Waals surface area contributed by atoms with Gasteiger partial charge in [-0.3, -0.25) is 9.69 Å². The minimum atomic E-state index is -1.07. The van der Waals surface area contributed by atoms with E-state index in [-0.39, 0.29) is 6.54 Å². The molecule has 9 heteroatoms. The van der Waals surface area contributed by atoms with Crippen LogP contribution in [0.4, 0.5) is 4.79 Å². The molecule has 3 amide bonds. The molecule has 128 valence electrons. The fourth-order valence-electron chi connectivity index (χ4n) is 2.84. The fraction of sp³-hybridized carbons (Fsp3) is 0.714. The Morgan fingerprint density at radius 1 is 1.43 bits per heavy atom. The van der Waals surface area contributed by atoms with Crippen molar-refractivity contribution in [1.29, 1.82) is 0 Å². The van der Waals surface area contributed by atoms with Crippen LogP contribution >= 0.6 is 11.8 Å². The van der Waals surface area contributed by atoms with E-state index in [9.17, 15) is 19.8 Å². The van der Waals surface area contributed by atoms with Crippen LogP contribution in [0.3, 0.4) is 0 Å². The molecular weight excluding hydrogens is 324 g/mol. The third-order valence-corrected chi connectivity index (χ3v) is 5.54. The van der Waals surface area contributed by atoms with Crippen molar-refractivity contribution in [1.82, 2.24) is 10.2 Å². The SMILES string of the molecule is CCNC(=O)N1CCC2=C(SC3C(O2)OC(C)C(O)C3O)C1=O. The number of nitrogens with one attached hydrogen (secondary N) is 1. The number of aliphatic hydroxyl groups excluding tert-OH is 2. The van der Waals surface area contributed by atoms with Gasteiger partial charge in [0, 0.05) is 19.5 Å². The van der Waals surface area contributed by atoms with Crippen LogP contribution < -0.4 is 5.32 Å². The smallest absolute Gasteiger partial charge is 0.324 e. The van der Waals surface area contributed by atoms with E-state index in [0.29, 0.717) is 23.6 Å². The highest BCUT2D eigenvalue weighted by atomic mass is 32.2. The van der Waals surface area contributed by atoms with E-state index in [2.05, 4.69) is 5.32 Å². The van der Waals surface area contributed by atoms with Crippen molar-refractivity contribution in [2.45, 2.75) is 50.1 Å². The molecular formula is C14H20N2O6S. The highest BCUT2D eigenvalue weighted by Gasteiger charge is 2.50. The molecule has 0 aromatic heterocycles. The number of fused-ring (bicyclic) bond motifs is 1. The van der Waals surface area contributed by atoms with Crippen LogP contribution in [0.15, 0.2) is 10.7 Å². The zero-order chi connectivity index (χ0) is 16.7. The molecule has 0 aromatic rings. The number of aliphatic hydroxyl groups is 2. The molecule has 23 heavy (non-hydrogen) atoms. The number of hydrogen-bond acceptors (Lipinski definition) is 7. The lowest BCUT2D eigenvalue weighted by atomic mass is 10.0. The summed E-state index contributed by atoms with van der Waals surface area (Å²) in [6.07, 6.45) is -2.98. The van der Waals surface area contributed by atoms with Gasteiger partial charge in [-0.15, -0.1) is 11.8 Å². The molecule has 0 aliphatic carbocycles. The third-order valence-electron chi connectivity index (χ3n) is 4.13. The number of hydrogen-bond donors (Lipinski definition) is 3. The van der Waals surface area contributed by atoms with E-state index in [1.165, 1.54) is 0 Å². The van der Waals surface area contributed by atoms with Gasteiger partial charge in [-0.05, 0) is 13.8 Å². The molecule has 3 aliphatic heterocycles. The summed E-state index contributed by atoms with van der Waals surface area (Å²) in [5.74, 6) is 0.0403. The summed E-state index contributed by atoms with van der Waals surface area (Å²) >= 11 is 1.11. The molecule has 5 unspecified atom stereocenters. The largest absolute Gasteiger partial charge is 0.466 e. The van der Waals surface area contributed by atoms with Crippen molar-refractivity contribution in [3.05, 3.63) is 10.7 Å². The summed E-state index contributed by atoms with van der Waals surface area (Å²) in [5.41, 5.74) is 0. The average molecular weight is 344 g/mol. The highest BCUT2D eigenvalue weighted by molar-refractivity contribution is 8.04. The van der Waals surface area contributed by atoms with Crippen molar-refractivity contribution in [3.63, 3.8) is 0 Å². The fourth-order valence-corrected chi connectivity index (χ4v) is 4.13. The molecule has 0 bridgehead atoms. The monoisotopic (exact) mass is 344 g/mol. The van der Waals surface area contributed by atoms with Crippen LogP contribution in [0.5, 0.6) is 0 Å². The number of rotatable bonds is 1. The molecule has 0 aromatic carbocycles. The first-order chi connectivity index (χ1) is 10.9. The Balaban J connectivity index is 1.81. The molecule has 3 aliphatic rings. The van der Waals surface area contributed by atoms with E-state index >= 15 is 0 Å². The van der Waals surface area contributed by atoms with E-state index in [1.807, 2.05) is 0 Å². The molecule has 1 fully saturated rings. The second kappa shape index (κ2) is 6.31. The second-order valence-electron chi connectivity index (χ2n) is 5.69. The number of amides is 3. The number of carbonyl (C=O) groups excluding carboxylic acids is 2. The van der Waals surface area contributed by atoms with Crippen LogP contribution in [0, 0.1) is 0 Å². The van der Waals surface area contributed by atoms with Gasteiger partial charge >= 0.3 is 6.03 Å². The van der Waals surface area contributed by atoms with Gasteiger partial charge in [-0.2, -0.15) is 0 Å². The van der Waals surface area contributed by atoms with E-state index in [4.69, 9.17) is 9.47 Å². The summed E-state index contributed by atoms with van der Waals surface area (Å²) < 4.78 is 11.3. The average Bonchev–Trinajstić information content (AvgIpc) is 2.52. The van der Waals surface area contributed by atoms with Gasteiger partial charge in [0.05, 0.1) is 6.10 Å². The van der Waals surface area contributed by atoms with E-state index < -0.39 is 41.8 Å². The van der Waals surface area contributed by atoms with Gasteiger partial charge in [0.2, 0.25) is 6.29 Å². The Morgan fingerprint density at radius 3 is 2.87 bits per heavy atom. The van der Waals surface area contributed by atoms with Crippen LogP contribution in [0.25, 0.3) is 0 Å². The van der Waals surface area contributed by atoms with Gasteiger partial charge in [0.15, 0.2) is 0 Å². The lowest BCUT2D eigenvalue weighted by Crippen LogP contribution is -2.58. The van der Waals surface area contributed by atoms with Crippen molar-refractivity contribution < 1.29 is 29.3 Å². The number of thioether (sulfide) groups is 1. The number of nitrogens with zero attached hydrogens (tertiary/aromatic N) is 1. The lowest BCUT2D eigenvalue weighted by molar-refractivity contribution is -0.231. The van der Waals surface area contributed by atoms with Crippen LogP contribution in [0.2, 0.25) is 0 Å². The van der Waals surface area contributed by atoms with Crippen molar-refractivity contribution in [2.24, 2.45) is 0 Å². The Kier molecular flexibility index (Phi) is 4.54. The van der Waals surface area contributed by atoms with Crippen molar-refractivity contribution in [3.8, 4) is 0 Å². The quantitative estimate of drug-likeness (QED) is 0.602. The summed E-state index contributed by atoms with van der Waals surface area (Å²) in [4.78, 5) is 25.9. The standard InChI is InChI=1S/C14H20N2O6S/c1-3-15-14(20)16-5-4-7-10(12(16)19)23-11-9(18)8(17)6(2)21-13(11)22-7/h6,8-9,11,13,17-18H,3-5H2,1-2H3,(H,15,20). The summed E-state index contributed by atoms with van der Waals surface area (Å²) in [6, 6.07) is -0.444. The molecule has 3 N–H and O–H groups in total. The maximum absolute atomic E-state index is 12.5.